The Labute approximate surface area is 108 Å². The highest BCUT2D eigenvalue weighted by molar-refractivity contribution is 7.10. The van der Waals surface area contributed by atoms with Crippen molar-refractivity contribution in [2.45, 2.75) is 31.7 Å². The molecular weight excluding hydrogens is 228 g/mol. The molecule has 2 N–H and O–H groups in total. The molecule has 1 aromatic rings. The minimum Gasteiger partial charge on any atom is -0.329 e. The SMILES string of the molecule is NCC(c1cccs1)N(CC1CC1)CC1CC1. The van der Waals surface area contributed by atoms with Gasteiger partial charge in [-0.25, -0.2) is 0 Å². The van der Waals surface area contributed by atoms with Crippen molar-refractivity contribution >= 4 is 11.3 Å². The molecule has 94 valence electrons. The first-order valence-electron chi connectivity index (χ1n) is 6.84. The molecule has 3 rings (SSSR count). The molecule has 1 atom stereocenters. The average Bonchev–Trinajstić information content (AvgIpc) is 3.24. The Bertz CT molecular complexity index is 327. The number of thiophene rings is 1. The zero-order chi connectivity index (χ0) is 11.7. The topological polar surface area (TPSA) is 29.3 Å². The van der Waals surface area contributed by atoms with E-state index in [0.29, 0.717) is 6.04 Å². The standard InChI is InChI=1S/C14H22N2S/c15-8-13(14-2-1-7-17-14)16(9-11-3-4-11)10-12-5-6-12/h1-2,7,11-13H,3-6,8-10,15H2. The first-order chi connectivity index (χ1) is 8.36. The van der Waals surface area contributed by atoms with Crippen LogP contribution in [-0.2, 0) is 0 Å². The van der Waals surface area contributed by atoms with E-state index in [9.17, 15) is 0 Å². The molecular formula is C14H22N2S. The van der Waals surface area contributed by atoms with Gasteiger partial charge in [-0.3, -0.25) is 4.90 Å². The number of rotatable bonds is 7. The lowest BCUT2D eigenvalue weighted by Gasteiger charge is -2.30. The van der Waals surface area contributed by atoms with Crippen molar-refractivity contribution in [1.29, 1.82) is 0 Å². The molecule has 2 fully saturated rings. The lowest BCUT2D eigenvalue weighted by molar-refractivity contribution is 0.187. The monoisotopic (exact) mass is 250 g/mol. The van der Waals surface area contributed by atoms with E-state index in [4.69, 9.17) is 5.73 Å². The summed E-state index contributed by atoms with van der Waals surface area (Å²) in [4.78, 5) is 4.12. The van der Waals surface area contributed by atoms with Crippen LogP contribution in [0.15, 0.2) is 17.5 Å². The fourth-order valence-corrected chi connectivity index (χ4v) is 3.39. The van der Waals surface area contributed by atoms with Crippen LogP contribution in [0.25, 0.3) is 0 Å². The van der Waals surface area contributed by atoms with E-state index in [1.807, 2.05) is 11.3 Å². The Hall–Kier alpha value is -0.380. The van der Waals surface area contributed by atoms with Gasteiger partial charge in [0.25, 0.3) is 0 Å². The van der Waals surface area contributed by atoms with Crippen molar-refractivity contribution in [2.24, 2.45) is 17.6 Å². The number of nitrogens with two attached hydrogens (primary N) is 1. The molecule has 0 aromatic carbocycles. The van der Waals surface area contributed by atoms with Gasteiger partial charge in [0, 0.05) is 24.5 Å². The van der Waals surface area contributed by atoms with Crippen molar-refractivity contribution in [3.05, 3.63) is 22.4 Å². The van der Waals surface area contributed by atoms with Gasteiger partial charge in [0.05, 0.1) is 6.04 Å². The Kier molecular flexibility index (Phi) is 3.50. The van der Waals surface area contributed by atoms with Gasteiger partial charge in [-0.2, -0.15) is 0 Å². The third kappa shape index (κ3) is 3.09. The Balaban J connectivity index is 1.69. The van der Waals surface area contributed by atoms with Crippen LogP contribution >= 0.6 is 11.3 Å². The van der Waals surface area contributed by atoms with Gasteiger partial charge in [0.2, 0.25) is 0 Å². The Morgan fingerprint density at radius 3 is 2.29 bits per heavy atom. The highest BCUT2D eigenvalue weighted by Gasteiger charge is 2.32. The molecule has 1 unspecified atom stereocenters. The molecule has 2 saturated carbocycles. The van der Waals surface area contributed by atoms with Crippen LogP contribution in [0.4, 0.5) is 0 Å². The molecule has 0 spiro atoms. The fourth-order valence-electron chi connectivity index (χ4n) is 2.52. The van der Waals surface area contributed by atoms with Gasteiger partial charge in [-0.15, -0.1) is 11.3 Å². The molecule has 3 heteroatoms. The third-order valence-electron chi connectivity index (χ3n) is 3.91. The van der Waals surface area contributed by atoms with Crippen molar-refractivity contribution in [2.75, 3.05) is 19.6 Å². The number of nitrogens with zero attached hydrogens (tertiary/aromatic N) is 1. The van der Waals surface area contributed by atoms with Crippen LogP contribution in [0.2, 0.25) is 0 Å². The summed E-state index contributed by atoms with van der Waals surface area (Å²) in [6.45, 7) is 3.31. The van der Waals surface area contributed by atoms with Gasteiger partial charge in [-0.05, 0) is 49.0 Å². The normalized spacial score (nSPS) is 22.0. The molecule has 2 nitrogen and oxygen atoms in total. The molecule has 2 aliphatic carbocycles. The first-order valence-corrected chi connectivity index (χ1v) is 7.72. The lowest BCUT2D eigenvalue weighted by atomic mass is 10.1. The zero-order valence-corrected chi connectivity index (χ0v) is 11.2. The molecule has 0 radical (unpaired) electrons. The van der Waals surface area contributed by atoms with Crippen LogP contribution in [0.3, 0.4) is 0 Å². The van der Waals surface area contributed by atoms with Gasteiger partial charge in [0.15, 0.2) is 0 Å². The highest BCUT2D eigenvalue weighted by Crippen LogP contribution is 2.37. The van der Waals surface area contributed by atoms with Gasteiger partial charge < -0.3 is 5.73 Å². The van der Waals surface area contributed by atoms with Crippen LogP contribution < -0.4 is 5.73 Å². The van der Waals surface area contributed by atoms with E-state index in [0.717, 1.165) is 18.4 Å². The molecule has 1 heterocycles. The van der Waals surface area contributed by atoms with Gasteiger partial charge in [-0.1, -0.05) is 6.07 Å². The lowest BCUT2D eigenvalue weighted by Crippen LogP contribution is -2.36. The van der Waals surface area contributed by atoms with Crippen molar-refractivity contribution in [3.63, 3.8) is 0 Å². The zero-order valence-electron chi connectivity index (χ0n) is 10.3. The quantitative estimate of drug-likeness (QED) is 0.806. The first kappa shape index (κ1) is 11.7. The summed E-state index contributed by atoms with van der Waals surface area (Å²) in [5.41, 5.74) is 6.02. The maximum Gasteiger partial charge on any atom is 0.0564 e. The van der Waals surface area contributed by atoms with Gasteiger partial charge in [0.1, 0.15) is 0 Å². The van der Waals surface area contributed by atoms with Gasteiger partial charge >= 0.3 is 0 Å². The Morgan fingerprint density at radius 1 is 1.24 bits per heavy atom. The molecule has 0 bridgehead atoms. The van der Waals surface area contributed by atoms with E-state index in [1.54, 1.807) is 0 Å². The molecule has 2 aliphatic rings. The summed E-state index contributed by atoms with van der Waals surface area (Å²) in [5, 5.41) is 2.17. The second kappa shape index (κ2) is 5.09. The van der Waals surface area contributed by atoms with Crippen molar-refractivity contribution in [1.82, 2.24) is 4.90 Å². The summed E-state index contributed by atoms with van der Waals surface area (Å²) >= 11 is 1.86. The number of hydrogen-bond acceptors (Lipinski definition) is 3. The Morgan fingerprint density at radius 2 is 1.88 bits per heavy atom. The maximum atomic E-state index is 6.02. The summed E-state index contributed by atoms with van der Waals surface area (Å²) < 4.78 is 0. The molecule has 0 amide bonds. The fraction of sp³-hybridized carbons (Fsp3) is 0.714. The predicted octanol–water partition coefficient (Wildman–Crippen LogP) is 2.87. The summed E-state index contributed by atoms with van der Waals surface area (Å²) in [6.07, 6.45) is 5.73. The predicted molar refractivity (Wildman–Crippen MR) is 73.1 cm³/mol. The second-order valence-corrected chi connectivity index (χ2v) is 6.59. The van der Waals surface area contributed by atoms with E-state index < -0.39 is 0 Å². The summed E-state index contributed by atoms with van der Waals surface area (Å²) in [7, 11) is 0. The van der Waals surface area contributed by atoms with E-state index >= 15 is 0 Å². The largest absolute Gasteiger partial charge is 0.329 e. The minimum atomic E-state index is 0.469. The highest BCUT2D eigenvalue weighted by atomic mass is 32.1. The third-order valence-corrected chi connectivity index (χ3v) is 4.89. The maximum absolute atomic E-state index is 6.02. The van der Waals surface area contributed by atoms with Crippen LogP contribution in [0.1, 0.15) is 36.6 Å². The summed E-state index contributed by atoms with van der Waals surface area (Å²) in [6, 6.07) is 4.86. The number of hydrogen-bond donors (Lipinski definition) is 1. The van der Waals surface area contributed by atoms with Crippen LogP contribution in [0.5, 0.6) is 0 Å². The smallest absolute Gasteiger partial charge is 0.0564 e. The van der Waals surface area contributed by atoms with E-state index in [-0.39, 0.29) is 0 Å². The van der Waals surface area contributed by atoms with Crippen LogP contribution in [0, 0.1) is 11.8 Å². The molecule has 17 heavy (non-hydrogen) atoms. The van der Waals surface area contributed by atoms with Crippen molar-refractivity contribution in [3.8, 4) is 0 Å². The molecule has 1 aromatic heterocycles. The van der Waals surface area contributed by atoms with Crippen molar-refractivity contribution < 1.29 is 0 Å². The second-order valence-electron chi connectivity index (χ2n) is 5.61. The van der Waals surface area contributed by atoms with E-state index in [2.05, 4.69) is 22.4 Å². The molecule has 0 aliphatic heterocycles. The minimum absolute atomic E-state index is 0.469. The average molecular weight is 250 g/mol. The van der Waals surface area contributed by atoms with E-state index in [1.165, 1.54) is 43.6 Å². The van der Waals surface area contributed by atoms with Crippen LogP contribution in [-0.4, -0.2) is 24.5 Å². The summed E-state index contributed by atoms with van der Waals surface area (Å²) in [5.74, 6) is 1.92. The molecule has 0 saturated heterocycles.